The maximum Gasteiger partial charge on any atom is 0.0343 e. The summed E-state index contributed by atoms with van der Waals surface area (Å²) in [6.07, 6.45) is 5.69. The maximum absolute atomic E-state index is 3.84. The molecule has 1 fully saturated rings. The third-order valence-electron chi connectivity index (χ3n) is 4.71. The third kappa shape index (κ3) is 4.07. The van der Waals surface area contributed by atoms with Gasteiger partial charge in [0.2, 0.25) is 0 Å². The summed E-state index contributed by atoms with van der Waals surface area (Å²) in [5.74, 6) is 2.41. The Kier molecular flexibility index (Phi) is 5.45. The molecule has 106 valence electrons. The quantitative estimate of drug-likeness (QED) is 0.801. The van der Waals surface area contributed by atoms with Crippen molar-refractivity contribution in [1.29, 1.82) is 0 Å². The molecule has 1 saturated carbocycles. The normalized spacial score (nSPS) is 25.5. The lowest BCUT2D eigenvalue weighted by Gasteiger charge is -2.32. The Bertz CT molecular complexity index is 357. The van der Waals surface area contributed by atoms with E-state index < -0.39 is 0 Å². The standard InChI is InChI=1S/C18H29N/c1-14(2)18(16-10-5-4-6-11-16)19-13-17-12-8-7-9-15(17)3/h4-6,10-11,14-15,17-19H,7-9,12-13H2,1-3H3. The molecule has 1 nitrogen and oxygen atoms in total. The lowest BCUT2D eigenvalue weighted by Crippen LogP contribution is -2.34. The van der Waals surface area contributed by atoms with Crippen molar-refractivity contribution in [1.82, 2.24) is 5.32 Å². The Labute approximate surface area is 118 Å². The van der Waals surface area contributed by atoms with Crippen molar-refractivity contribution in [3.8, 4) is 0 Å². The van der Waals surface area contributed by atoms with E-state index in [-0.39, 0.29) is 0 Å². The first kappa shape index (κ1) is 14.6. The molecule has 0 amide bonds. The summed E-state index contributed by atoms with van der Waals surface area (Å²) in [4.78, 5) is 0. The van der Waals surface area contributed by atoms with Crippen molar-refractivity contribution < 1.29 is 0 Å². The summed E-state index contributed by atoms with van der Waals surface area (Å²) in [7, 11) is 0. The van der Waals surface area contributed by atoms with Crippen LogP contribution >= 0.6 is 0 Å². The third-order valence-corrected chi connectivity index (χ3v) is 4.71. The Balaban J connectivity index is 1.94. The zero-order chi connectivity index (χ0) is 13.7. The molecule has 0 aromatic heterocycles. The minimum absolute atomic E-state index is 0.496. The van der Waals surface area contributed by atoms with Gasteiger partial charge in [-0.2, -0.15) is 0 Å². The van der Waals surface area contributed by atoms with E-state index in [0.29, 0.717) is 12.0 Å². The van der Waals surface area contributed by atoms with Crippen LogP contribution < -0.4 is 5.32 Å². The fourth-order valence-electron chi connectivity index (χ4n) is 3.37. The Morgan fingerprint density at radius 3 is 2.42 bits per heavy atom. The van der Waals surface area contributed by atoms with Crippen LogP contribution in [0.3, 0.4) is 0 Å². The zero-order valence-electron chi connectivity index (χ0n) is 12.7. The van der Waals surface area contributed by atoms with Crippen LogP contribution in [0.5, 0.6) is 0 Å². The number of nitrogens with one attached hydrogen (secondary N) is 1. The SMILES string of the molecule is CC(C)C(NCC1CCCCC1C)c1ccccc1. The molecule has 1 N–H and O–H groups in total. The van der Waals surface area contributed by atoms with E-state index in [1.807, 2.05) is 0 Å². The van der Waals surface area contributed by atoms with Gasteiger partial charge in [-0.1, -0.05) is 70.4 Å². The molecule has 0 heterocycles. The second kappa shape index (κ2) is 7.09. The lowest BCUT2D eigenvalue weighted by molar-refractivity contribution is 0.233. The van der Waals surface area contributed by atoms with E-state index in [1.165, 1.54) is 37.8 Å². The molecule has 1 aromatic carbocycles. The van der Waals surface area contributed by atoms with Crippen LogP contribution in [0.4, 0.5) is 0 Å². The van der Waals surface area contributed by atoms with E-state index in [4.69, 9.17) is 0 Å². The number of hydrogen-bond donors (Lipinski definition) is 1. The van der Waals surface area contributed by atoms with Gasteiger partial charge in [-0.3, -0.25) is 0 Å². The minimum Gasteiger partial charge on any atom is -0.309 e. The van der Waals surface area contributed by atoms with Crippen LogP contribution in [0.2, 0.25) is 0 Å². The predicted octanol–water partition coefficient (Wildman–Crippen LogP) is 4.80. The summed E-state index contributed by atoms with van der Waals surface area (Å²) in [5, 5.41) is 3.84. The molecule has 0 bridgehead atoms. The van der Waals surface area contributed by atoms with Crippen molar-refractivity contribution in [2.75, 3.05) is 6.54 Å². The van der Waals surface area contributed by atoms with Gasteiger partial charge in [0.1, 0.15) is 0 Å². The molecule has 0 aliphatic heterocycles. The Morgan fingerprint density at radius 2 is 1.79 bits per heavy atom. The Morgan fingerprint density at radius 1 is 1.11 bits per heavy atom. The molecule has 1 heteroatoms. The van der Waals surface area contributed by atoms with Gasteiger partial charge in [0, 0.05) is 6.04 Å². The molecule has 0 spiro atoms. The van der Waals surface area contributed by atoms with Crippen LogP contribution in [-0.4, -0.2) is 6.54 Å². The highest BCUT2D eigenvalue weighted by atomic mass is 14.9. The maximum atomic E-state index is 3.84. The number of hydrogen-bond acceptors (Lipinski definition) is 1. The van der Waals surface area contributed by atoms with Crippen molar-refractivity contribution >= 4 is 0 Å². The van der Waals surface area contributed by atoms with E-state index in [2.05, 4.69) is 56.4 Å². The van der Waals surface area contributed by atoms with Crippen molar-refractivity contribution in [2.45, 2.75) is 52.5 Å². The van der Waals surface area contributed by atoms with Crippen LogP contribution in [0.1, 0.15) is 58.1 Å². The van der Waals surface area contributed by atoms with Gasteiger partial charge in [0.05, 0.1) is 0 Å². The molecule has 0 radical (unpaired) electrons. The second-order valence-corrected chi connectivity index (χ2v) is 6.56. The van der Waals surface area contributed by atoms with Gasteiger partial charge in [-0.25, -0.2) is 0 Å². The summed E-state index contributed by atoms with van der Waals surface area (Å²) < 4.78 is 0. The number of rotatable bonds is 5. The molecule has 2 rings (SSSR count). The summed E-state index contributed by atoms with van der Waals surface area (Å²) >= 11 is 0. The van der Waals surface area contributed by atoms with Crippen LogP contribution in [-0.2, 0) is 0 Å². The molecule has 1 aromatic rings. The molecule has 19 heavy (non-hydrogen) atoms. The van der Waals surface area contributed by atoms with Crippen molar-refractivity contribution in [3.63, 3.8) is 0 Å². The monoisotopic (exact) mass is 259 g/mol. The first-order valence-electron chi connectivity index (χ1n) is 7.97. The van der Waals surface area contributed by atoms with Gasteiger partial charge >= 0.3 is 0 Å². The van der Waals surface area contributed by atoms with E-state index in [1.54, 1.807) is 0 Å². The fourth-order valence-corrected chi connectivity index (χ4v) is 3.37. The minimum atomic E-state index is 0.496. The van der Waals surface area contributed by atoms with E-state index in [0.717, 1.165) is 11.8 Å². The topological polar surface area (TPSA) is 12.0 Å². The summed E-state index contributed by atoms with van der Waals surface area (Å²) in [6, 6.07) is 11.4. The Hall–Kier alpha value is -0.820. The van der Waals surface area contributed by atoms with Gasteiger partial charge < -0.3 is 5.32 Å². The highest BCUT2D eigenvalue weighted by molar-refractivity contribution is 5.19. The first-order chi connectivity index (χ1) is 9.18. The second-order valence-electron chi connectivity index (χ2n) is 6.56. The molecule has 1 aliphatic carbocycles. The molecular weight excluding hydrogens is 230 g/mol. The first-order valence-corrected chi connectivity index (χ1v) is 7.97. The van der Waals surface area contributed by atoms with E-state index in [9.17, 15) is 0 Å². The zero-order valence-corrected chi connectivity index (χ0v) is 12.7. The molecule has 3 unspecified atom stereocenters. The predicted molar refractivity (Wildman–Crippen MR) is 83.1 cm³/mol. The smallest absolute Gasteiger partial charge is 0.0343 e. The van der Waals surface area contributed by atoms with Crippen molar-refractivity contribution in [3.05, 3.63) is 35.9 Å². The molecule has 3 atom stereocenters. The number of benzene rings is 1. The van der Waals surface area contributed by atoms with Crippen LogP contribution in [0.25, 0.3) is 0 Å². The molecule has 1 aliphatic rings. The molecule has 0 saturated heterocycles. The van der Waals surface area contributed by atoms with Crippen molar-refractivity contribution in [2.24, 2.45) is 17.8 Å². The highest BCUT2D eigenvalue weighted by Gasteiger charge is 2.23. The molecular formula is C18H29N. The van der Waals surface area contributed by atoms with Crippen LogP contribution in [0.15, 0.2) is 30.3 Å². The van der Waals surface area contributed by atoms with Gasteiger partial charge in [0.15, 0.2) is 0 Å². The summed E-state index contributed by atoms with van der Waals surface area (Å²) in [5.41, 5.74) is 1.43. The largest absolute Gasteiger partial charge is 0.309 e. The average Bonchev–Trinajstić information content (AvgIpc) is 2.42. The fraction of sp³-hybridized carbons (Fsp3) is 0.667. The van der Waals surface area contributed by atoms with Gasteiger partial charge in [-0.05, 0) is 36.3 Å². The van der Waals surface area contributed by atoms with Crippen LogP contribution in [0, 0.1) is 17.8 Å². The lowest BCUT2D eigenvalue weighted by atomic mass is 9.80. The van der Waals surface area contributed by atoms with Gasteiger partial charge in [0.25, 0.3) is 0 Å². The van der Waals surface area contributed by atoms with E-state index >= 15 is 0 Å². The average molecular weight is 259 g/mol. The summed E-state index contributed by atoms with van der Waals surface area (Å²) in [6.45, 7) is 8.24. The highest BCUT2D eigenvalue weighted by Crippen LogP contribution is 2.30. The van der Waals surface area contributed by atoms with Gasteiger partial charge in [-0.15, -0.1) is 0 Å².